The molecule has 25 heavy (non-hydrogen) atoms. The fraction of sp³-hybridized carbons (Fsp3) is 0.0769. The second kappa shape index (κ2) is 4.84. The Morgan fingerprint density at radius 2 is 1.40 bits per heavy atom. The van der Waals surface area contributed by atoms with E-state index in [1.54, 1.807) is 0 Å². The number of rotatable bonds is 3. The van der Waals surface area contributed by atoms with Gasteiger partial charge in [0, 0.05) is 6.07 Å². The molecule has 138 valence electrons. The number of alkyl halides is 3. The number of nitrogens with zero attached hydrogens (tertiary/aromatic N) is 1. The molecule has 0 aliphatic heterocycles. The van der Waals surface area contributed by atoms with Crippen molar-refractivity contribution in [2.45, 2.75) is 11.1 Å². The zero-order valence-electron chi connectivity index (χ0n) is 11.7. The van der Waals surface area contributed by atoms with E-state index in [2.05, 4.69) is 0 Å². The van der Waals surface area contributed by atoms with Gasteiger partial charge in [-0.05, 0) is 29.8 Å². The molecular formula is C13H7F8NO2S. The molecule has 0 aromatic heterocycles. The maximum Gasteiger partial charge on any atom is 0.416 e. The van der Waals surface area contributed by atoms with E-state index in [4.69, 9.17) is 0 Å². The Morgan fingerprint density at radius 1 is 0.880 bits per heavy atom. The second-order valence-corrected chi connectivity index (χ2v) is 7.39. The van der Waals surface area contributed by atoms with E-state index in [-0.39, 0.29) is 17.7 Å². The van der Waals surface area contributed by atoms with Crippen LogP contribution in [0.4, 0.5) is 38.3 Å². The Balaban J connectivity index is 2.62. The molecular weight excluding hydrogens is 386 g/mol. The summed E-state index contributed by atoms with van der Waals surface area (Å²) in [6.45, 7) is 0. The van der Waals surface area contributed by atoms with E-state index < -0.39 is 43.0 Å². The van der Waals surface area contributed by atoms with E-state index >= 15 is 0 Å². The summed E-state index contributed by atoms with van der Waals surface area (Å²) in [7, 11) is -10.1. The van der Waals surface area contributed by atoms with Crippen LogP contribution in [-0.2, 0) is 6.18 Å². The third-order valence-electron chi connectivity index (χ3n) is 3.13. The third-order valence-corrected chi connectivity index (χ3v) is 4.28. The van der Waals surface area contributed by atoms with Crippen LogP contribution in [0.1, 0.15) is 5.56 Å². The van der Waals surface area contributed by atoms with Gasteiger partial charge < -0.3 is 0 Å². The third kappa shape index (κ3) is 4.18. The van der Waals surface area contributed by atoms with Crippen LogP contribution in [0.25, 0.3) is 11.1 Å². The van der Waals surface area contributed by atoms with Gasteiger partial charge in [0.15, 0.2) is 0 Å². The van der Waals surface area contributed by atoms with Crippen LogP contribution in [0.5, 0.6) is 0 Å². The maximum absolute atomic E-state index is 12.8. The zero-order chi connectivity index (χ0) is 19.3. The lowest BCUT2D eigenvalue weighted by molar-refractivity contribution is -0.384. The van der Waals surface area contributed by atoms with Crippen LogP contribution in [0.2, 0.25) is 0 Å². The van der Waals surface area contributed by atoms with Crippen LogP contribution in [-0.4, -0.2) is 4.92 Å². The summed E-state index contributed by atoms with van der Waals surface area (Å²) < 4.78 is 101. The van der Waals surface area contributed by atoms with Crippen molar-refractivity contribution in [3.63, 3.8) is 0 Å². The van der Waals surface area contributed by atoms with Gasteiger partial charge in [0.05, 0.1) is 16.1 Å². The molecule has 0 saturated heterocycles. The second-order valence-electron chi connectivity index (χ2n) is 4.98. The van der Waals surface area contributed by atoms with Gasteiger partial charge in [-0.2, -0.15) is 13.2 Å². The fourth-order valence-corrected chi connectivity index (χ4v) is 2.64. The van der Waals surface area contributed by atoms with E-state index in [1.165, 1.54) is 0 Å². The Bertz CT molecular complexity index is 844. The van der Waals surface area contributed by atoms with E-state index in [9.17, 15) is 42.7 Å². The lowest BCUT2D eigenvalue weighted by atomic mass is 10.0. The van der Waals surface area contributed by atoms with Crippen molar-refractivity contribution in [1.29, 1.82) is 0 Å². The van der Waals surface area contributed by atoms with Crippen molar-refractivity contribution < 1.29 is 37.5 Å². The van der Waals surface area contributed by atoms with E-state index in [0.29, 0.717) is 18.2 Å². The molecule has 0 fully saturated rings. The molecule has 0 amide bonds. The normalized spacial score (nSPS) is 15.4. The van der Waals surface area contributed by atoms with Crippen molar-refractivity contribution >= 4 is 15.9 Å². The molecule has 2 aromatic carbocycles. The molecule has 0 radical (unpaired) electrons. The van der Waals surface area contributed by atoms with Crippen molar-refractivity contribution in [1.82, 2.24) is 0 Å². The summed E-state index contributed by atoms with van der Waals surface area (Å²) in [6, 6.07) is 2.79. The van der Waals surface area contributed by atoms with Crippen molar-refractivity contribution in [2.24, 2.45) is 0 Å². The molecule has 0 bridgehead atoms. The highest BCUT2D eigenvalue weighted by Crippen LogP contribution is 3.02. The van der Waals surface area contributed by atoms with Gasteiger partial charge in [0.25, 0.3) is 5.69 Å². The summed E-state index contributed by atoms with van der Waals surface area (Å²) in [5.41, 5.74) is -3.13. The quantitative estimate of drug-likeness (QED) is 0.322. The highest BCUT2D eigenvalue weighted by Gasteiger charge is 2.65. The minimum Gasteiger partial charge on any atom is -0.258 e. The molecule has 2 rings (SSSR count). The number of nitro benzene ring substituents is 1. The Morgan fingerprint density at radius 3 is 1.80 bits per heavy atom. The number of nitro groups is 1. The molecule has 0 unspecified atom stereocenters. The summed E-state index contributed by atoms with van der Waals surface area (Å²) in [4.78, 5) is 7.16. The molecule has 0 atom stereocenters. The molecule has 0 aliphatic rings. The Kier molecular flexibility index (Phi) is 3.67. The smallest absolute Gasteiger partial charge is 0.258 e. The molecule has 0 saturated carbocycles. The standard InChI is InChI=1S/C13H7F8NO2S/c14-13(15,16)9-3-1-8(2-4-9)11-6-5-10(7-12(11)22(23)24)25(17,18,19,20)21/h1-7H. The maximum atomic E-state index is 12.8. The van der Waals surface area contributed by atoms with Crippen LogP contribution in [0, 0.1) is 10.1 Å². The van der Waals surface area contributed by atoms with E-state index in [1.807, 2.05) is 0 Å². The lowest BCUT2D eigenvalue weighted by Crippen LogP contribution is -2.07. The summed E-state index contributed by atoms with van der Waals surface area (Å²) in [5.74, 6) is 0. The Hall–Kier alpha value is -2.37. The summed E-state index contributed by atoms with van der Waals surface area (Å²) >= 11 is 0. The SMILES string of the molecule is O=[N+]([O-])c1cc(S(F)(F)(F)(F)F)ccc1-c1ccc(C(F)(F)F)cc1. The van der Waals surface area contributed by atoms with Gasteiger partial charge in [-0.1, -0.05) is 31.6 Å². The van der Waals surface area contributed by atoms with Crippen LogP contribution in [0.3, 0.4) is 0 Å². The molecule has 3 nitrogen and oxygen atoms in total. The fourth-order valence-electron chi connectivity index (χ4n) is 1.99. The van der Waals surface area contributed by atoms with Crippen molar-refractivity contribution in [3.8, 4) is 11.1 Å². The molecule has 0 heterocycles. The van der Waals surface area contributed by atoms with Gasteiger partial charge >= 0.3 is 16.4 Å². The number of benzene rings is 2. The zero-order valence-corrected chi connectivity index (χ0v) is 12.6. The predicted octanol–water partition coefficient (Wildman–Crippen LogP) is 6.94. The van der Waals surface area contributed by atoms with E-state index in [0.717, 1.165) is 12.1 Å². The first-order valence-corrected chi connectivity index (χ1v) is 8.14. The monoisotopic (exact) mass is 393 g/mol. The van der Waals surface area contributed by atoms with Gasteiger partial charge in [-0.25, -0.2) is 0 Å². The first-order valence-electron chi connectivity index (χ1n) is 6.19. The topological polar surface area (TPSA) is 43.1 Å². The lowest BCUT2D eigenvalue weighted by Gasteiger charge is -2.40. The minimum absolute atomic E-state index is 0.0401. The highest BCUT2D eigenvalue weighted by atomic mass is 32.5. The van der Waals surface area contributed by atoms with Gasteiger partial charge in [0.2, 0.25) is 0 Å². The number of hydrogen-bond acceptors (Lipinski definition) is 2. The van der Waals surface area contributed by atoms with Gasteiger partial charge in [-0.15, -0.1) is 0 Å². The molecule has 0 spiro atoms. The average molecular weight is 393 g/mol. The highest BCUT2D eigenvalue weighted by molar-refractivity contribution is 8.45. The largest absolute Gasteiger partial charge is 0.416 e. The van der Waals surface area contributed by atoms with Crippen LogP contribution >= 0.6 is 10.2 Å². The minimum atomic E-state index is -10.1. The molecule has 12 heteroatoms. The summed E-state index contributed by atoms with van der Waals surface area (Å²) in [6.07, 6.45) is -4.68. The molecule has 0 aliphatic carbocycles. The summed E-state index contributed by atoms with van der Waals surface area (Å²) in [5, 5.41) is 10.9. The molecule has 2 aromatic rings. The van der Waals surface area contributed by atoms with Crippen LogP contribution in [0.15, 0.2) is 47.4 Å². The van der Waals surface area contributed by atoms with Gasteiger partial charge in [0.1, 0.15) is 4.90 Å². The first kappa shape index (κ1) is 19.0. The number of halogens is 8. The van der Waals surface area contributed by atoms with Crippen LogP contribution < -0.4 is 0 Å². The first-order chi connectivity index (χ1) is 11.0. The predicted molar refractivity (Wildman–Crippen MR) is 74.9 cm³/mol. The number of hydrogen-bond donors (Lipinski definition) is 0. The van der Waals surface area contributed by atoms with Gasteiger partial charge in [-0.3, -0.25) is 10.1 Å². The van der Waals surface area contributed by atoms with Crippen molar-refractivity contribution in [2.75, 3.05) is 0 Å². The molecule has 0 N–H and O–H groups in total. The Labute approximate surface area is 134 Å². The average Bonchev–Trinajstić information content (AvgIpc) is 2.43. The van der Waals surface area contributed by atoms with Crippen molar-refractivity contribution in [3.05, 3.63) is 58.1 Å².